The Morgan fingerprint density at radius 1 is 1.12 bits per heavy atom. The molecule has 2 nitrogen and oxygen atoms in total. The van der Waals surface area contributed by atoms with Gasteiger partial charge in [0.25, 0.3) is 0 Å². The molecule has 1 aromatic heterocycles. The van der Waals surface area contributed by atoms with Crippen LogP contribution in [0.3, 0.4) is 0 Å². The van der Waals surface area contributed by atoms with Crippen molar-refractivity contribution in [2.24, 2.45) is 0 Å². The molecule has 0 radical (unpaired) electrons. The minimum Gasteiger partial charge on any atom is -0.354 e. The number of nitrogens with one attached hydrogen (secondary N) is 1. The third-order valence-corrected chi connectivity index (χ3v) is 2.96. The average Bonchev–Trinajstić information content (AvgIpc) is 2.24. The van der Waals surface area contributed by atoms with E-state index in [2.05, 4.69) is 26.2 Å². The summed E-state index contributed by atoms with van der Waals surface area (Å²) in [6, 6.07) is 9.16. The van der Waals surface area contributed by atoms with Crippen molar-refractivity contribution in [2.45, 2.75) is 0 Å². The molecule has 82 valence electrons. The summed E-state index contributed by atoms with van der Waals surface area (Å²) in [5, 5.41) is 4.26. The second-order valence-corrected chi connectivity index (χ2v) is 4.83. The van der Waals surface area contributed by atoms with Crippen LogP contribution in [0.5, 0.6) is 0 Å². The first kappa shape index (κ1) is 11.7. The van der Waals surface area contributed by atoms with E-state index in [0.29, 0.717) is 10.2 Å². The zero-order valence-electron chi connectivity index (χ0n) is 8.05. The molecule has 0 amide bonds. The molecule has 0 fully saturated rings. The number of rotatable bonds is 2. The van der Waals surface area contributed by atoms with E-state index in [4.69, 9.17) is 23.2 Å². The first-order chi connectivity index (χ1) is 7.65. The highest BCUT2D eigenvalue weighted by Crippen LogP contribution is 2.28. The number of pyridine rings is 1. The number of benzene rings is 1. The summed E-state index contributed by atoms with van der Waals surface area (Å²) in [6.07, 6.45) is 1.64. The van der Waals surface area contributed by atoms with Crippen LogP contribution in [-0.4, -0.2) is 4.98 Å². The van der Waals surface area contributed by atoms with Crippen LogP contribution in [0.1, 0.15) is 0 Å². The molecule has 0 unspecified atom stereocenters. The third kappa shape index (κ3) is 2.88. The fraction of sp³-hybridized carbons (Fsp3) is 0. The summed E-state index contributed by atoms with van der Waals surface area (Å²) in [7, 11) is 0. The highest BCUT2D eigenvalue weighted by Gasteiger charge is 2.02. The van der Waals surface area contributed by atoms with Crippen LogP contribution in [0, 0.1) is 0 Å². The van der Waals surface area contributed by atoms with Crippen LogP contribution in [-0.2, 0) is 0 Å². The summed E-state index contributed by atoms with van der Waals surface area (Å²) in [5.74, 6) is 0. The van der Waals surface area contributed by atoms with Crippen LogP contribution in [0.2, 0.25) is 10.2 Å². The Morgan fingerprint density at radius 3 is 2.69 bits per heavy atom. The fourth-order valence-electron chi connectivity index (χ4n) is 1.23. The first-order valence-corrected chi connectivity index (χ1v) is 6.04. The highest BCUT2D eigenvalue weighted by atomic mass is 79.9. The lowest BCUT2D eigenvalue weighted by atomic mass is 10.3. The van der Waals surface area contributed by atoms with Gasteiger partial charge in [0.15, 0.2) is 0 Å². The Hall–Kier alpha value is -0.770. The quantitative estimate of drug-likeness (QED) is 0.797. The Kier molecular flexibility index (Phi) is 3.69. The maximum atomic E-state index is 6.05. The normalized spacial score (nSPS) is 10.2. The van der Waals surface area contributed by atoms with E-state index >= 15 is 0 Å². The van der Waals surface area contributed by atoms with Crippen LogP contribution in [0.25, 0.3) is 0 Å². The molecule has 0 aliphatic heterocycles. The van der Waals surface area contributed by atoms with Crippen LogP contribution in [0.4, 0.5) is 11.4 Å². The predicted molar refractivity (Wildman–Crippen MR) is 71.7 cm³/mol. The molecule has 0 aliphatic rings. The zero-order valence-corrected chi connectivity index (χ0v) is 11.1. The van der Waals surface area contributed by atoms with E-state index in [9.17, 15) is 0 Å². The van der Waals surface area contributed by atoms with Crippen LogP contribution < -0.4 is 5.32 Å². The molecule has 5 heteroatoms. The van der Waals surface area contributed by atoms with Gasteiger partial charge in [-0.1, -0.05) is 39.1 Å². The molecule has 0 aliphatic carbocycles. The van der Waals surface area contributed by atoms with Crippen molar-refractivity contribution in [3.63, 3.8) is 0 Å². The van der Waals surface area contributed by atoms with E-state index in [1.54, 1.807) is 12.3 Å². The van der Waals surface area contributed by atoms with E-state index in [0.717, 1.165) is 15.8 Å². The molecule has 0 saturated carbocycles. The minimum absolute atomic E-state index is 0.441. The second kappa shape index (κ2) is 5.04. The Labute approximate surface area is 112 Å². The van der Waals surface area contributed by atoms with Gasteiger partial charge >= 0.3 is 0 Å². The lowest BCUT2D eigenvalue weighted by Crippen LogP contribution is -1.91. The van der Waals surface area contributed by atoms with Gasteiger partial charge in [-0.15, -0.1) is 0 Å². The Bertz CT molecular complexity index is 517. The summed E-state index contributed by atoms with van der Waals surface area (Å²) >= 11 is 15.2. The van der Waals surface area contributed by atoms with Crippen molar-refractivity contribution >= 4 is 50.5 Å². The van der Waals surface area contributed by atoms with Crippen LogP contribution in [0.15, 0.2) is 41.0 Å². The van der Waals surface area contributed by atoms with Gasteiger partial charge in [-0.05, 0) is 30.3 Å². The maximum absolute atomic E-state index is 6.05. The summed E-state index contributed by atoms with van der Waals surface area (Å²) in [6.45, 7) is 0. The van der Waals surface area contributed by atoms with Crippen molar-refractivity contribution in [3.8, 4) is 0 Å². The van der Waals surface area contributed by atoms with Gasteiger partial charge < -0.3 is 5.32 Å². The Morgan fingerprint density at radius 2 is 1.94 bits per heavy atom. The molecule has 1 heterocycles. The van der Waals surface area contributed by atoms with Gasteiger partial charge in [0.2, 0.25) is 0 Å². The molecule has 0 saturated heterocycles. The molecule has 1 N–H and O–H groups in total. The van der Waals surface area contributed by atoms with Gasteiger partial charge in [-0.2, -0.15) is 0 Å². The zero-order chi connectivity index (χ0) is 11.5. The topological polar surface area (TPSA) is 24.9 Å². The second-order valence-electron chi connectivity index (χ2n) is 3.12. The average molecular weight is 318 g/mol. The molecule has 0 bridgehead atoms. The number of hydrogen-bond donors (Lipinski definition) is 1. The van der Waals surface area contributed by atoms with Gasteiger partial charge in [-0.3, -0.25) is 0 Å². The number of halogens is 3. The maximum Gasteiger partial charge on any atom is 0.131 e. The molecule has 0 spiro atoms. The summed E-state index contributed by atoms with van der Waals surface area (Å²) in [4.78, 5) is 3.90. The molecule has 0 atom stereocenters. The number of anilines is 2. The predicted octanol–water partition coefficient (Wildman–Crippen LogP) is 4.89. The van der Waals surface area contributed by atoms with Crippen LogP contribution >= 0.6 is 39.1 Å². The monoisotopic (exact) mass is 316 g/mol. The lowest BCUT2D eigenvalue weighted by molar-refractivity contribution is 1.32. The van der Waals surface area contributed by atoms with Crippen molar-refractivity contribution in [1.82, 2.24) is 4.98 Å². The first-order valence-electron chi connectivity index (χ1n) is 4.49. The lowest BCUT2D eigenvalue weighted by Gasteiger charge is -2.08. The van der Waals surface area contributed by atoms with Crippen molar-refractivity contribution < 1.29 is 0 Å². The smallest absolute Gasteiger partial charge is 0.131 e. The van der Waals surface area contributed by atoms with Crippen molar-refractivity contribution in [2.75, 3.05) is 5.32 Å². The van der Waals surface area contributed by atoms with E-state index < -0.39 is 0 Å². The fourth-order valence-corrected chi connectivity index (χ4v) is 1.93. The minimum atomic E-state index is 0.441. The third-order valence-electron chi connectivity index (χ3n) is 1.93. The summed E-state index contributed by atoms with van der Waals surface area (Å²) in [5.41, 5.74) is 1.67. The van der Waals surface area contributed by atoms with Crippen molar-refractivity contribution in [3.05, 3.63) is 51.2 Å². The molecule has 1 aromatic carbocycles. The van der Waals surface area contributed by atoms with Crippen molar-refractivity contribution in [1.29, 1.82) is 0 Å². The number of nitrogens with zero attached hydrogens (tertiary/aromatic N) is 1. The van der Waals surface area contributed by atoms with Gasteiger partial charge in [0, 0.05) is 16.4 Å². The number of hydrogen-bond acceptors (Lipinski definition) is 2. The molecule has 2 aromatic rings. The molecule has 2 rings (SSSR count). The Balaban J connectivity index is 2.30. The van der Waals surface area contributed by atoms with Gasteiger partial charge in [0.1, 0.15) is 5.15 Å². The standard InChI is InChI=1S/C11H7BrCl2N2/c12-7-1-2-9(13)10(5-7)16-8-3-4-15-11(14)6-8/h1-6H,(H,15,16). The largest absolute Gasteiger partial charge is 0.354 e. The highest BCUT2D eigenvalue weighted by molar-refractivity contribution is 9.10. The molecular weight excluding hydrogens is 311 g/mol. The number of aromatic nitrogens is 1. The van der Waals surface area contributed by atoms with E-state index in [1.807, 2.05) is 24.3 Å². The van der Waals surface area contributed by atoms with E-state index in [-0.39, 0.29) is 0 Å². The van der Waals surface area contributed by atoms with Gasteiger partial charge in [-0.25, -0.2) is 4.98 Å². The molecular formula is C11H7BrCl2N2. The summed E-state index contributed by atoms with van der Waals surface area (Å²) < 4.78 is 0.958. The SMILES string of the molecule is Clc1cc(Nc2cc(Br)ccc2Cl)ccn1. The van der Waals surface area contributed by atoms with E-state index in [1.165, 1.54) is 0 Å². The molecule has 16 heavy (non-hydrogen) atoms. The van der Waals surface area contributed by atoms with Gasteiger partial charge in [0.05, 0.1) is 10.7 Å².